The van der Waals surface area contributed by atoms with Crippen molar-refractivity contribution in [1.29, 1.82) is 0 Å². The van der Waals surface area contributed by atoms with E-state index in [4.69, 9.17) is 9.53 Å². The number of aliphatic hydroxyl groups excluding tert-OH is 1. The van der Waals surface area contributed by atoms with Crippen LogP contribution in [0.5, 0.6) is 0 Å². The molecule has 0 aliphatic rings. The summed E-state index contributed by atoms with van der Waals surface area (Å²) in [5, 5.41) is 8.77. The molecule has 1 unspecified atom stereocenters. The van der Waals surface area contributed by atoms with Gasteiger partial charge in [0, 0.05) is 12.7 Å². The zero-order valence-corrected chi connectivity index (χ0v) is 10.8. The van der Waals surface area contributed by atoms with Crippen molar-refractivity contribution in [3.8, 4) is 0 Å². The Balaban J connectivity index is 4.03. The van der Waals surface area contributed by atoms with Crippen LogP contribution in [0.4, 0.5) is 0 Å². The number of aliphatic hydroxyl groups is 1. The Bertz CT molecular complexity index is 129. The van der Waals surface area contributed by atoms with Gasteiger partial charge in [-0.15, -0.1) is 0 Å². The molecule has 0 fully saturated rings. The van der Waals surface area contributed by atoms with Crippen LogP contribution in [0.3, 0.4) is 0 Å². The summed E-state index contributed by atoms with van der Waals surface area (Å²) in [5.74, 6) is 0. The largest absolute Gasteiger partial charge is 0.417 e. The van der Waals surface area contributed by atoms with Gasteiger partial charge in [0.1, 0.15) is 0 Å². The number of rotatable bonds is 5. The molecule has 0 aromatic carbocycles. The summed E-state index contributed by atoms with van der Waals surface area (Å²) < 4.78 is 5.94. The van der Waals surface area contributed by atoms with Crippen LogP contribution in [0.15, 0.2) is 0 Å². The smallest absolute Gasteiger partial charge is 0.171 e. The van der Waals surface area contributed by atoms with E-state index in [2.05, 4.69) is 33.9 Å². The first kappa shape index (κ1) is 13.1. The van der Waals surface area contributed by atoms with Crippen molar-refractivity contribution < 1.29 is 9.53 Å². The molecule has 13 heavy (non-hydrogen) atoms. The molecule has 0 aromatic rings. The van der Waals surface area contributed by atoms with Crippen molar-refractivity contribution in [3.05, 3.63) is 0 Å². The maximum atomic E-state index is 8.77. The second kappa shape index (κ2) is 5.78. The van der Waals surface area contributed by atoms with Gasteiger partial charge >= 0.3 is 0 Å². The van der Waals surface area contributed by atoms with Crippen LogP contribution in [0.2, 0.25) is 13.1 Å². The third-order valence-corrected chi connectivity index (χ3v) is 2.90. The molecule has 0 saturated carbocycles. The molecule has 80 valence electrons. The maximum absolute atomic E-state index is 8.77. The van der Waals surface area contributed by atoms with Gasteiger partial charge in [-0.2, -0.15) is 0 Å². The average molecular weight is 204 g/mol. The zero-order chi connectivity index (χ0) is 10.5. The molecule has 0 spiro atoms. The lowest BCUT2D eigenvalue weighted by Crippen LogP contribution is -2.33. The zero-order valence-electron chi connectivity index (χ0n) is 9.63. The molecule has 0 aliphatic heterocycles. The molecule has 0 bridgehead atoms. The Kier molecular flexibility index (Phi) is 5.84. The molecule has 0 aliphatic carbocycles. The number of hydrogen-bond acceptors (Lipinski definition) is 2. The van der Waals surface area contributed by atoms with E-state index in [0.29, 0.717) is 6.10 Å². The van der Waals surface area contributed by atoms with Gasteiger partial charge in [-0.1, -0.05) is 20.8 Å². The molecule has 0 amide bonds. The van der Waals surface area contributed by atoms with Gasteiger partial charge in [0.15, 0.2) is 9.04 Å². The summed E-state index contributed by atoms with van der Waals surface area (Å²) in [6, 6.07) is 0. The quantitative estimate of drug-likeness (QED) is 0.696. The van der Waals surface area contributed by atoms with E-state index in [0.717, 1.165) is 12.8 Å². The molecular formula is C10H24O2Si. The fourth-order valence-electron chi connectivity index (χ4n) is 1.31. The summed E-state index contributed by atoms with van der Waals surface area (Å²) >= 11 is 0. The normalized spacial score (nSPS) is 15.0. The molecule has 0 rings (SSSR count). The molecule has 0 aromatic heterocycles. The summed E-state index contributed by atoms with van der Waals surface area (Å²) in [6.45, 7) is 11.3. The molecule has 0 heterocycles. The Morgan fingerprint density at radius 1 is 1.31 bits per heavy atom. The highest BCUT2D eigenvalue weighted by molar-refractivity contribution is 6.48. The van der Waals surface area contributed by atoms with E-state index >= 15 is 0 Å². The predicted molar refractivity (Wildman–Crippen MR) is 59.5 cm³/mol. The van der Waals surface area contributed by atoms with E-state index < -0.39 is 9.04 Å². The fraction of sp³-hybridized carbons (Fsp3) is 1.00. The summed E-state index contributed by atoms with van der Waals surface area (Å²) in [5.41, 5.74) is 0.201. The SMILES string of the molecule is C[SiH](C)OC(CCCO)C(C)(C)C. The molecule has 3 heteroatoms. The molecule has 1 atom stereocenters. The Labute approximate surface area is 84.0 Å². The topological polar surface area (TPSA) is 29.5 Å². The lowest BCUT2D eigenvalue weighted by atomic mass is 9.87. The fourth-order valence-corrected chi connectivity index (χ4v) is 2.51. The van der Waals surface area contributed by atoms with Crippen molar-refractivity contribution in [3.63, 3.8) is 0 Å². The van der Waals surface area contributed by atoms with Gasteiger partial charge in [0.05, 0.1) is 0 Å². The van der Waals surface area contributed by atoms with Gasteiger partial charge in [0.25, 0.3) is 0 Å². The molecule has 0 radical (unpaired) electrons. The lowest BCUT2D eigenvalue weighted by Gasteiger charge is -2.32. The summed E-state index contributed by atoms with van der Waals surface area (Å²) in [4.78, 5) is 0. The minimum Gasteiger partial charge on any atom is -0.417 e. The van der Waals surface area contributed by atoms with Crippen LogP contribution in [0.1, 0.15) is 33.6 Å². The van der Waals surface area contributed by atoms with E-state index in [-0.39, 0.29) is 12.0 Å². The van der Waals surface area contributed by atoms with E-state index in [9.17, 15) is 0 Å². The average Bonchev–Trinajstić information content (AvgIpc) is 1.95. The van der Waals surface area contributed by atoms with Crippen LogP contribution >= 0.6 is 0 Å². The highest BCUT2D eigenvalue weighted by Crippen LogP contribution is 2.26. The Morgan fingerprint density at radius 3 is 2.15 bits per heavy atom. The predicted octanol–water partition coefficient (Wildman–Crippen LogP) is 2.17. The second-order valence-electron chi connectivity index (χ2n) is 4.91. The van der Waals surface area contributed by atoms with Gasteiger partial charge < -0.3 is 9.53 Å². The Hall–Kier alpha value is 0.137. The highest BCUT2D eigenvalue weighted by atomic mass is 28.3. The Morgan fingerprint density at radius 2 is 1.85 bits per heavy atom. The number of hydrogen-bond donors (Lipinski definition) is 1. The first-order valence-electron chi connectivity index (χ1n) is 5.14. The third-order valence-electron chi connectivity index (χ3n) is 2.03. The third kappa shape index (κ3) is 6.24. The van der Waals surface area contributed by atoms with Gasteiger partial charge in [-0.05, 0) is 31.4 Å². The molecule has 1 N–H and O–H groups in total. The van der Waals surface area contributed by atoms with Gasteiger partial charge in [-0.25, -0.2) is 0 Å². The van der Waals surface area contributed by atoms with Crippen molar-refractivity contribution in [2.75, 3.05) is 6.61 Å². The van der Waals surface area contributed by atoms with Crippen LogP contribution in [0, 0.1) is 5.41 Å². The van der Waals surface area contributed by atoms with Crippen molar-refractivity contribution in [2.45, 2.75) is 52.8 Å². The summed E-state index contributed by atoms with van der Waals surface area (Å²) in [7, 11) is -0.952. The summed E-state index contributed by atoms with van der Waals surface area (Å²) in [6.07, 6.45) is 2.14. The van der Waals surface area contributed by atoms with Crippen LogP contribution in [-0.2, 0) is 4.43 Å². The van der Waals surface area contributed by atoms with Gasteiger partial charge in [0.2, 0.25) is 0 Å². The first-order valence-corrected chi connectivity index (χ1v) is 7.92. The minimum atomic E-state index is -0.952. The van der Waals surface area contributed by atoms with Crippen LogP contribution < -0.4 is 0 Å². The van der Waals surface area contributed by atoms with Crippen molar-refractivity contribution >= 4 is 9.04 Å². The molecular weight excluding hydrogens is 180 g/mol. The van der Waals surface area contributed by atoms with Gasteiger partial charge in [-0.3, -0.25) is 0 Å². The van der Waals surface area contributed by atoms with Crippen LogP contribution in [-0.4, -0.2) is 26.9 Å². The molecule has 2 nitrogen and oxygen atoms in total. The highest BCUT2D eigenvalue weighted by Gasteiger charge is 2.25. The van der Waals surface area contributed by atoms with E-state index in [1.165, 1.54) is 0 Å². The van der Waals surface area contributed by atoms with Crippen molar-refractivity contribution in [1.82, 2.24) is 0 Å². The van der Waals surface area contributed by atoms with Crippen LogP contribution in [0.25, 0.3) is 0 Å². The molecule has 0 saturated heterocycles. The lowest BCUT2D eigenvalue weighted by molar-refractivity contribution is 0.0714. The maximum Gasteiger partial charge on any atom is 0.171 e. The van der Waals surface area contributed by atoms with E-state index in [1.807, 2.05) is 0 Å². The van der Waals surface area contributed by atoms with E-state index in [1.54, 1.807) is 0 Å². The van der Waals surface area contributed by atoms with Crippen molar-refractivity contribution in [2.24, 2.45) is 5.41 Å². The first-order chi connectivity index (χ1) is 5.88. The second-order valence-corrected chi connectivity index (χ2v) is 7.28. The monoisotopic (exact) mass is 204 g/mol. The standard InChI is InChI=1S/C10H24O2Si/c1-10(2,3)9(7-6-8-11)12-13(4)5/h9,11,13H,6-8H2,1-5H3. The minimum absolute atomic E-state index is 0.201.